The predicted molar refractivity (Wildman–Crippen MR) is 78.1 cm³/mol. The van der Waals surface area contributed by atoms with E-state index in [2.05, 4.69) is 21.9 Å². The summed E-state index contributed by atoms with van der Waals surface area (Å²) in [7, 11) is 3.69. The highest BCUT2D eigenvalue weighted by Gasteiger charge is 2.15. The van der Waals surface area contributed by atoms with E-state index in [1.54, 1.807) is 19.4 Å². The topological polar surface area (TPSA) is 76.6 Å². The molecular formula is C13H23N5O2. The average Bonchev–Trinajstić information content (AvgIpc) is 2.42. The molecule has 1 unspecified atom stereocenters. The van der Waals surface area contributed by atoms with Crippen LogP contribution in [0.1, 0.15) is 0 Å². The third kappa shape index (κ3) is 3.78. The Balaban J connectivity index is 2.04. The smallest absolute Gasteiger partial charge is 0.268 e. The summed E-state index contributed by atoms with van der Waals surface area (Å²) in [6.45, 7) is 4.63. The molecule has 0 aliphatic carbocycles. The summed E-state index contributed by atoms with van der Waals surface area (Å²) in [5.41, 5.74) is 6.61. The second-order valence-corrected chi connectivity index (χ2v) is 5.24. The van der Waals surface area contributed by atoms with Gasteiger partial charge in [0, 0.05) is 45.4 Å². The van der Waals surface area contributed by atoms with Crippen LogP contribution in [0.25, 0.3) is 0 Å². The second kappa shape index (κ2) is 6.83. The molecule has 1 fully saturated rings. The van der Waals surface area contributed by atoms with Crippen molar-refractivity contribution in [2.75, 3.05) is 51.8 Å². The predicted octanol–water partition coefficient (Wildman–Crippen LogP) is -1.03. The Morgan fingerprint density at radius 3 is 2.70 bits per heavy atom. The van der Waals surface area contributed by atoms with Crippen molar-refractivity contribution in [3.8, 4) is 0 Å². The van der Waals surface area contributed by atoms with Gasteiger partial charge in [-0.15, -0.1) is 0 Å². The van der Waals surface area contributed by atoms with Gasteiger partial charge in [0.05, 0.1) is 25.0 Å². The second-order valence-electron chi connectivity index (χ2n) is 5.24. The summed E-state index contributed by atoms with van der Waals surface area (Å²) >= 11 is 0. The van der Waals surface area contributed by atoms with Gasteiger partial charge in [0.1, 0.15) is 0 Å². The molecule has 1 aliphatic rings. The summed E-state index contributed by atoms with van der Waals surface area (Å²) in [6, 6.07) is 1.41. The van der Waals surface area contributed by atoms with Crippen LogP contribution >= 0.6 is 0 Å². The molecule has 0 saturated carbocycles. The first-order valence-corrected chi connectivity index (χ1v) is 6.85. The lowest BCUT2D eigenvalue weighted by molar-refractivity contribution is 0.171. The van der Waals surface area contributed by atoms with E-state index in [0.29, 0.717) is 13.2 Å². The third-order valence-electron chi connectivity index (χ3n) is 3.51. The zero-order valence-corrected chi connectivity index (χ0v) is 12.2. The van der Waals surface area contributed by atoms with Gasteiger partial charge in [-0.1, -0.05) is 0 Å². The third-order valence-corrected chi connectivity index (χ3v) is 3.51. The molecule has 1 atom stereocenters. The van der Waals surface area contributed by atoms with Gasteiger partial charge in [0.15, 0.2) is 0 Å². The van der Waals surface area contributed by atoms with Crippen LogP contribution in [-0.2, 0) is 11.3 Å². The number of piperazine rings is 1. The van der Waals surface area contributed by atoms with Crippen molar-refractivity contribution >= 4 is 5.69 Å². The summed E-state index contributed by atoms with van der Waals surface area (Å²) in [6.07, 6.45) is 1.74. The fraction of sp³-hybridized carbons (Fsp3) is 0.692. The Morgan fingerprint density at radius 1 is 1.40 bits per heavy atom. The van der Waals surface area contributed by atoms with Gasteiger partial charge in [-0.3, -0.25) is 4.79 Å². The zero-order valence-electron chi connectivity index (χ0n) is 12.2. The minimum Gasteiger partial charge on any atom is -0.383 e. The summed E-state index contributed by atoms with van der Waals surface area (Å²) < 4.78 is 6.36. The number of aromatic nitrogens is 2. The zero-order chi connectivity index (χ0) is 14.5. The van der Waals surface area contributed by atoms with Crippen LogP contribution in [0.4, 0.5) is 5.69 Å². The van der Waals surface area contributed by atoms with Crippen molar-refractivity contribution in [2.45, 2.75) is 12.6 Å². The molecule has 0 spiro atoms. The number of ether oxygens (including phenoxy) is 1. The normalized spacial score (nSPS) is 18.2. The monoisotopic (exact) mass is 281 g/mol. The van der Waals surface area contributed by atoms with Crippen LogP contribution in [0.15, 0.2) is 17.1 Å². The standard InChI is InChI=1S/C13H23N5O2/c1-16-3-5-17(6-4-16)12-7-13(19)18(15-8-12)9-11(14)10-20-2/h7-8,11H,3-6,9-10,14H2,1-2H3. The highest BCUT2D eigenvalue weighted by molar-refractivity contribution is 5.43. The number of hydrogen-bond donors (Lipinski definition) is 1. The molecule has 7 nitrogen and oxygen atoms in total. The van der Waals surface area contributed by atoms with Gasteiger partial charge in [-0.05, 0) is 7.05 Å². The fourth-order valence-corrected chi connectivity index (χ4v) is 2.29. The summed E-state index contributed by atoms with van der Waals surface area (Å²) in [4.78, 5) is 16.5. The first kappa shape index (κ1) is 15.0. The summed E-state index contributed by atoms with van der Waals surface area (Å²) in [5, 5.41) is 4.21. The Kier molecular flexibility index (Phi) is 5.11. The molecule has 1 aromatic rings. The van der Waals surface area contributed by atoms with E-state index in [4.69, 9.17) is 10.5 Å². The Bertz CT molecular complexity index is 482. The van der Waals surface area contributed by atoms with Crippen LogP contribution in [0.3, 0.4) is 0 Å². The molecule has 0 radical (unpaired) electrons. The highest BCUT2D eigenvalue weighted by Crippen LogP contribution is 2.12. The van der Waals surface area contributed by atoms with Gasteiger partial charge in [-0.25, -0.2) is 4.68 Å². The van der Waals surface area contributed by atoms with E-state index in [0.717, 1.165) is 31.9 Å². The van der Waals surface area contributed by atoms with E-state index in [9.17, 15) is 4.79 Å². The molecule has 1 saturated heterocycles. The maximum atomic E-state index is 12.1. The Morgan fingerprint density at radius 2 is 2.10 bits per heavy atom. The van der Waals surface area contributed by atoms with Crippen LogP contribution < -0.4 is 16.2 Å². The molecular weight excluding hydrogens is 258 g/mol. The number of nitrogens with zero attached hydrogens (tertiary/aromatic N) is 4. The van der Waals surface area contributed by atoms with Crippen LogP contribution in [0, 0.1) is 0 Å². The maximum absolute atomic E-state index is 12.1. The minimum absolute atomic E-state index is 0.118. The number of nitrogens with two attached hydrogens (primary N) is 1. The number of likely N-dealkylation sites (N-methyl/N-ethyl adjacent to an activating group) is 1. The van der Waals surface area contributed by atoms with E-state index in [1.807, 2.05) is 0 Å². The number of hydrogen-bond acceptors (Lipinski definition) is 6. The molecule has 0 amide bonds. The fourth-order valence-electron chi connectivity index (χ4n) is 2.29. The van der Waals surface area contributed by atoms with Gasteiger partial charge >= 0.3 is 0 Å². The molecule has 2 rings (SSSR count). The van der Waals surface area contributed by atoms with E-state index in [-0.39, 0.29) is 11.6 Å². The molecule has 0 bridgehead atoms. The van der Waals surface area contributed by atoms with Gasteiger partial charge in [-0.2, -0.15) is 5.10 Å². The molecule has 112 valence electrons. The summed E-state index contributed by atoms with van der Waals surface area (Å²) in [5.74, 6) is 0. The van der Waals surface area contributed by atoms with Crippen molar-refractivity contribution < 1.29 is 4.74 Å². The number of methoxy groups -OCH3 is 1. The Labute approximate surface area is 118 Å². The van der Waals surface area contributed by atoms with Gasteiger partial charge in [0.25, 0.3) is 5.56 Å². The van der Waals surface area contributed by atoms with Crippen molar-refractivity contribution in [3.63, 3.8) is 0 Å². The lowest BCUT2D eigenvalue weighted by Crippen LogP contribution is -2.45. The largest absolute Gasteiger partial charge is 0.383 e. The average molecular weight is 281 g/mol. The lowest BCUT2D eigenvalue weighted by Gasteiger charge is -2.33. The quantitative estimate of drug-likeness (QED) is 0.743. The van der Waals surface area contributed by atoms with Crippen molar-refractivity contribution in [2.24, 2.45) is 5.73 Å². The van der Waals surface area contributed by atoms with E-state index < -0.39 is 0 Å². The van der Waals surface area contributed by atoms with Crippen LogP contribution in [-0.4, -0.2) is 67.7 Å². The first-order valence-electron chi connectivity index (χ1n) is 6.85. The first-order chi connectivity index (χ1) is 9.60. The molecule has 2 heterocycles. The maximum Gasteiger partial charge on any atom is 0.268 e. The Hall–Kier alpha value is -1.44. The molecule has 1 aromatic heterocycles. The minimum atomic E-state index is -0.223. The van der Waals surface area contributed by atoms with E-state index in [1.165, 1.54) is 4.68 Å². The SMILES string of the molecule is COCC(N)Cn1ncc(N2CCN(C)CC2)cc1=O. The lowest BCUT2D eigenvalue weighted by atomic mass is 10.3. The number of anilines is 1. The molecule has 1 aliphatic heterocycles. The molecule has 7 heteroatoms. The van der Waals surface area contributed by atoms with Gasteiger partial charge in [0.2, 0.25) is 0 Å². The van der Waals surface area contributed by atoms with E-state index >= 15 is 0 Å². The van der Waals surface area contributed by atoms with Crippen molar-refractivity contribution in [1.82, 2.24) is 14.7 Å². The molecule has 0 aromatic carbocycles. The molecule has 2 N–H and O–H groups in total. The van der Waals surface area contributed by atoms with Crippen molar-refractivity contribution in [3.05, 3.63) is 22.6 Å². The van der Waals surface area contributed by atoms with Crippen LogP contribution in [0.5, 0.6) is 0 Å². The number of rotatable bonds is 5. The molecule has 20 heavy (non-hydrogen) atoms. The van der Waals surface area contributed by atoms with Gasteiger partial charge < -0.3 is 20.3 Å². The highest BCUT2D eigenvalue weighted by atomic mass is 16.5. The van der Waals surface area contributed by atoms with Crippen LogP contribution in [0.2, 0.25) is 0 Å². The van der Waals surface area contributed by atoms with Crippen molar-refractivity contribution in [1.29, 1.82) is 0 Å².